The van der Waals surface area contributed by atoms with Gasteiger partial charge in [0.05, 0.1) is 6.04 Å². The second-order valence-electron chi connectivity index (χ2n) is 4.72. The molecule has 2 aromatic rings. The summed E-state index contributed by atoms with van der Waals surface area (Å²) in [6.07, 6.45) is 1.04. The van der Waals surface area contributed by atoms with Gasteiger partial charge in [-0.3, -0.25) is 0 Å². The first-order chi connectivity index (χ1) is 9.11. The van der Waals surface area contributed by atoms with Crippen molar-refractivity contribution in [1.82, 2.24) is 10.3 Å². The van der Waals surface area contributed by atoms with Crippen molar-refractivity contribution < 1.29 is 4.39 Å². The van der Waals surface area contributed by atoms with E-state index < -0.39 is 0 Å². The third-order valence-corrected chi connectivity index (χ3v) is 4.04. The number of rotatable bonds is 5. The van der Waals surface area contributed by atoms with E-state index in [1.165, 1.54) is 0 Å². The highest BCUT2D eigenvalue weighted by Crippen LogP contribution is 2.26. The molecule has 0 bridgehead atoms. The van der Waals surface area contributed by atoms with Crippen molar-refractivity contribution in [3.05, 3.63) is 51.2 Å². The van der Waals surface area contributed by atoms with Gasteiger partial charge in [0, 0.05) is 11.1 Å². The van der Waals surface area contributed by atoms with Gasteiger partial charge < -0.3 is 5.32 Å². The fourth-order valence-corrected chi connectivity index (χ4v) is 2.83. The molecule has 0 saturated heterocycles. The molecule has 1 heterocycles. The third kappa shape index (κ3) is 3.39. The summed E-state index contributed by atoms with van der Waals surface area (Å²) in [6, 6.07) is 5.39. The highest BCUT2D eigenvalue weighted by Gasteiger charge is 2.17. The number of thiazole rings is 1. The maximum Gasteiger partial charge on any atom is 0.126 e. The Labute approximate surface area is 117 Å². The molecule has 1 unspecified atom stereocenters. The predicted molar refractivity (Wildman–Crippen MR) is 78.1 cm³/mol. The highest BCUT2D eigenvalue weighted by atomic mass is 32.1. The Morgan fingerprint density at radius 3 is 2.74 bits per heavy atom. The molecule has 2 rings (SSSR count). The van der Waals surface area contributed by atoms with E-state index in [9.17, 15) is 4.39 Å². The Morgan fingerprint density at radius 2 is 2.16 bits per heavy atom. The van der Waals surface area contributed by atoms with Crippen molar-refractivity contribution in [1.29, 1.82) is 0 Å². The summed E-state index contributed by atoms with van der Waals surface area (Å²) in [6.45, 7) is 6.76. The largest absolute Gasteiger partial charge is 0.304 e. The van der Waals surface area contributed by atoms with Gasteiger partial charge in [0.15, 0.2) is 0 Å². The maximum atomic E-state index is 13.7. The molecule has 2 nitrogen and oxygen atoms in total. The molecule has 0 fully saturated rings. The van der Waals surface area contributed by atoms with Crippen LogP contribution in [0.2, 0.25) is 0 Å². The molecule has 0 saturated carbocycles. The number of benzene rings is 1. The van der Waals surface area contributed by atoms with E-state index >= 15 is 0 Å². The molecule has 0 amide bonds. The molecule has 0 radical (unpaired) electrons. The van der Waals surface area contributed by atoms with E-state index in [4.69, 9.17) is 0 Å². The summed E-state index contributed by atoms with van der Waals surface area (Å²) in [5, 5.41) is 6.47. The van der Waals surface area contributed by atoms with Crippen LogP contribution in [-0.4, -0.2) is 11.5 Å². The minimum Gasteiger partial charge on any atom is -0.304 e. The molecule has 0 aliphatic heterocycles. The van der Waals surface area contributed by atoms with Gasteiger partial charge >= 0.3 is 0 Å². The minimum atomic E-state index is -0.158. The van der Waals surface area contributed by atoms with Crippen molar-refractivity contribution in [2.45, 2.75) is 33.2 Å². The SMILES string of the molecule is CCCNC(c1ccc(C)c(F)c1)c1nc(C)cs1. The first kappa shape index (κ1) is 14.2. The van der Waals surface area contributed by atoms with Crippen LogP contribution >= 0.6 is 11.3 Å². The smallest absolute Gasteiger partial charge is 0.126 e. The summed E-state index contributed by atoms with van der Waals surface area (Å²) in [7, 11) is 0. The van der Waals surface area contributed by atoms with E-state index in [0.29, 0.717) is 5.56 Å². The normalized spacial score (nSPS) is 12.6. The van der Waals surface area contributed by atoms with Crippen LogP contribution in [0.1, 0.15) is 41.2 Å². The summed E-state index contributed by atoms with van der Waals surface area (Å²) in [5.74, 6) is -0.158. The van der Waals surface area contributed by atoms with Gasteiger partial charge in [0.25, 0.3) is 0 Å². The summed E-state index contributed by atoms with van der Waals surface area (Å²) < 4.78 is 13.7. The Bertz CT molecular complexity index is 551. The lowest BCUT2D eigenvalue weighted by atomic mass is 10.0. The Balaban J connectivity index is 2.33. The van der Waals surface area contributed by atoms with Gasteiger partial charge in [-0.25, -0.2) is 9.37 Å². The monoisotopic (exact) mass is 278 g/mol. The van der Waals surface area contributed by atoms with E-state index in [2.05, 4.69) is 17.2 Å². The third-order valence-electron chi connectivity index (χ3n) is 3.01. The van der Waals surface area contributed by atoms with Crippen LogP contribution in [0.15, 0.2) is 23.6 Å². The van der Waals surface area contributed by atoms with Crippen LogP contribution in [0.3, 0.4) is 0 Å². The molecule has 1 atom stereocenters. The molecular weight excluding hydrogens is 259 g/mol. The number of nitrogens with zero attached hydrogens (tertiary/aromatic N) is 1. The average molecular weight is 278 g/mol. The van der Waals surface area contributed by atoms with Gasteiger partial charge in [-0.1, -0.05) is 19.1 Å². The van der Waals surface area contributed by atoms with E-state index in [0.717, 1.165) is 29.2 Å². The van der Waals surface area contributed by atoms with Gasteiger partial charge in [-0.15, -0.1) is 11.3 Å². The van der Waals surface area contributed by atoms with Crippen LogP contribution in [0.4, 0.5) is 4.39 Å². The van der Waals surface area contributed by atoms with Crippen molar-refractivity contribution in [2.75, 3.05) is 6.54 Å². The molecule has 0 spiro atoms. The zero-order valence-electron chi connectivity index (χ0n) is 11.5. The lowest BCUT2D eigenvalue weighted by Gasteiger charge is -2.17. The Morgan fingerprint density at radius 1 is 1.37 bits per heavy atom. The molecule has 0 aliphatic rings. The van der Waals surface area contributed by atoms with Crippen molar-refractivity contribution in [2.24, 2.45) is 0 Å². The van der Waals surface area contributed by atoms with Crippen LogP contribution in [0.25, 0.3) is 0 Å². The summed E-state index contributed by atoms with van der Waals surface area (Å²) >= 11 is 1.62. The lowest BCUT2D eigenvalue weighted by Crippen LogP contribution is -2.23. The van der Waals surface area contributed by atoms with E-state index in [1.54, 1.807) is 24.3 Å². The number of aromatic nitrogens is 1. The van der Waals surface area contributed by atoms with Crippen LogP contribution in [0.5, 0.6) is 0 Å². The number of halogens is 1. The fourth-order valence-electron chi connectivity index (χ4n) is 1.93. The zero-order chi connectivity index (χ0) is 13.8. The molecule has 4 heteroatoms. The fraction of sp³-hybridized carbons (Fsp3) is 0.400. The van der Waals surface area contributed by atoms with Crippen LogP contribution in [0, 0.1) is 19.7 Å². The molecule has 1 aromatic heterocycles. The minimum absolute atomic E-state index is 0.0197. The molecule has 102 valence electrons. The molecule has 1 N–H and O–H groups in total. The quantitative estimate of drug-likeness (QED) is 0.894. The van der Waals surface area contributed by atoms with Crippen molar-refractivity contribution >= 4 is 11.3 Å². The number of aryl methyl sites for hydroxylation is 2. The zero-order valence-corrected chi connectivity index (χ0v) is 12.4. The standard InChI is InChI=1S/C15H19FN2S/c1-4-7-17-14(15-18-11(3)9-19-15)12-6-5-10(2)13(16)8-12/h5-6,8-9,14,17H,4,7H2,1-3H3. The average Bonchev–Trinajstić information content (AvgIpc) is 2.80. The second-order valence-corrected chi connectivity index (χ2v) is 5.61. The second kappa shape index (κ2) is 6.26. The van der Waals surface area contributed by atoms with Gasteiger partial charge in [-0.2, -0.15) is 0 Å². The first-order valence-corrected chi connectivity index (χ1v) is 7.41. The molecule has 1 aromatic carbocycles. The maximum absolute atomic E-state index is 13.7. The first-order valence-electron chi connectivity index (χ1n) is 6.53. The van der Waals surface area contributed by atoms with Gasteiger partial charge in [-0.05, 0) is 44.0 Å². The van der Waals surface area contributed by atoms with Crippen molar-refractivity contribution in [3.8, 4) is 0 Å². The summed E-state index contributed by atoms with van der Waals surface area (Å²) in [5.41, 5.74) is 2.62. The highest BCUT2D eigenvalue weighted by molar-refractivity contribution is 7.09. The number of hydrogen-bond acceptors (Lipinski definition) is 3. The molecule has 0 aliphatic carbocycles. The van der Waals surface area contributed by atoms with Gasteiger partial charge in [0.1, 0.15) is 10.8 Å². The van der Waals surface area contributed by atoms with Gasteiger partial charge in [0.2, 0.25) is 0 Å². The number of nitrogens with one attached hydrogen (secondary N) is 1. The number of hydrogen-bond donors (Lipinski definition) is 1. The predicted octanol–water partition coefficient (Wildman–Crippen LogP) is 3.99. The lowest BCUT2D eigenvalue weighted by molar-refractivity contribution is 0.580. The Kier molecular flexibility index (Phi) is 4.66. The van der Waals surface area contributed by atoms with E-state index in [1.807, 2.05) is 24.4 Å². The topological polar surface area (TPSA) is 24.9 Å². The van der Waals surface area contributed by atoms with Crippen LogP contribution in [-0.2, 0) is 0 Å². The molecule has 19 heavy (non-hydrogen) atoms. The van der Waals surface area contributed by atoms with Crippen LogP contribution < -0.4 is 5.32 Å². The van der Waals surface area contributed by atoms with Crippen molar-refractivity contribution in [3.63, 3.8) is 0 Å². The molecular formula is C15H19FN2S. The Hall–Kier alpha value is -1.26. The summed E-state index contributed by atoms with van der Waals surface area (Å²) in [4.78, 5) is 4.53. The van der Waals surface area contributed by atoms with E-state index in [-0.39, 0.29) is 11.9 Å².